The number of aromatic nitrogens is 1. The van der Waals surface area contributed by atoms with Gasteiger partial charge in [0, 0.05) is 6.07 Å². The zero-order valence-electron chi connectivity index (χ0n) is 14.2. The van der Waals surface area contributed by atoms with Crippen molar-refractivity contribution in [3.8, 4) is 11.3 Å². The summed E-state index contributed by atoms with van der Waals surface area (Å²) in [4.78, 5) is 0. The fraction of sp³-hybridized carbons (Fsp3) is 0.136. The minimum atomic E-state index is -0.328. The molecule has 2 heteroatoms. The highest BCUT2D eigenvalue weighted by molar-refractivity contribution is 7.73. The van der Waals surface area contributed by atoms with Crippen LogP contribution in [0.15, 0.2) is 60.8 Å². The van der Waals surface area contributed by atoms with Gasteiger partial charge in [-0.25, -0.2) is 4.57 Å². The predicted molar refractivity (Wildman–Crippen MR) is 105 cm³/mol. The van der Waals surface area contributed by atoms with Gasteiger partial charge < -0.3 is 0 Å². The fourth-order valence-corrected chi connectivity index (χ4v) is 6.26. The van der Waals surface area contributed by atoms with Gasteiger partial charge in [-0.15, -0.1) is 0 Å². The normalized spacial score (nSPS) is 15.7. The third-order valence-electron chi connectivity index (χ3n) is 5.39. The third-order valence-corrected chi connectivity index (χ3v) is 7.56. The van der Waals surface area contributed by atoms with Crippen LogP contribution < -0.4 is 15.2 Å². The van der Waals surface area contributed by atoms with Crippen molar-refractivity contribution < 1.29 is 4.57 Å². The van der Waals surface area contributed by atoms with E-state index in [-0.39, 0.29) is 7.92 Å². The van der Waals surface area contributed by atoms with Crippen LogP contribution in [0.1, 0.15) is 5.56 Å². The topological polar surface area (TPSA) is 3.88 Å². The molecule has 1 unspecified atom stereocenters. The largest absolute Gasteiger partial charge is 0.221 e. The SMILES string of the molecule is Cc1c2c(cc3ccccc13)P(C)c1cccc3cc[n+](C)c-2c13. The molecular weight excluding hydrogens is 309 g/mol. The Morgan fingerprint density at radius 3 is 2.54 bits per heavy atom. The van der Waals surface area contributed by atoms with Crippen LogP contribution in [0.4, 0.5) is 0 Å². The second-order valence-corrected chi connectivity index (χ2v) is 8.77. The quantitative estimate of drug-likeness (QED) is 0.337. The maximum absolute atomic E-state index is 2.43. The summed E-state index contributed by atoms with van der Waals surface area (Å²) in [7, 11) is 1.85. The molecular formula is C22H19NP+. The van der Waals surface area contributed by atoms with Gasteiger partial charge in [-0.3, -0.25) is 0 Å². The van der Waals surface area contributed by atoms with Crippen molar-refractivity contribution in [1.82, 2.24) is 0 Å². The van der Waals surface area contributed by atoms with Gasteiger partial charge in [-0.2, -0.15) is 0 Å². The lowest BCUT2D eigenvalue weighted by atomic mass is 9.94. The molecule has 0 aliphatic carbocycles. The monoisotopic (exact) mass is 328 g/mol. The summed E-state index contributed by atoms with van der Waals surface area (Å²) in [6.45, 7) is 4.70. The Morgan fingerprint density at radius 2 is 1.67 bits per heavy atom. The number of benzene rings is 3. The van der Waals surface area contributed by atoms with Crippen molar-refractivity contribution in [2.45, 2.75) is 6.92 Å². The van der Waals surface area contributed by atoms with Crippen LogP contribution in [-0.4, -0.2) is 6.66 Å². The van der Waals surface area contributed by atoms with Crippen LogP contribution >= 0.6 is 7.92 Å². The Hall–Kier alpha value is -2.24. The van der Waals surface area contributed by atoms with E-state index in [1.807, 2.05) is 0 Å². The lowest BCUT2D eigenvalue weighted by molar-refractivity contribution is -0.659. The first kappa shape index (κ1) is 14.1. The highest BCUT2D eigenvalue weighted by Gasteiger charge is 2.31. The first-order valence-corrected chi connectivity index (χ1v) is 10.1. The molecule has 1 aliphatic rings. The van der Waals surface area contributed by atoms with Crippen LogP contribution in [0.2, 0.25) is 0 Å². The third kappa shape index (κ3) is 1.71. The zero-order valence-corrected chi connectivity index (χ0v) is 15.1. The lowest BCUT2D eigenvalue weighted by Gasteiger charge is -2.26. The van der Waals surface area contributed by atoms with Crippen molar-refractivity contribution in [3.63, 3.8) is 0 Å². The second-order valence-electron chi connectivity index (χ2n) is 6.69. The standard InChI is InChI=1S/C22H19NP/c1-14-17-9-5-4-7-16(17)13-19-20(14)22-21-15(11-12-23(22)2)8-6-10-18(21)24(19)3/h4-13H,1-3H3/q+1. The maximum atomic E-state index is 2.43. The summed E-state index contributed by atoms with van der Waals surface area (Å²) in [5.41, 5.74) is 4.24. The molecule has 1 aromatic heterocycles. The maximum Gasteiger partial charge on any atom is 0.221 e. The van der Waals surface area contributed by atoms with Crippen LogP contribution in [0.25, 0.3) is 32.8 Å². The number of nitrogens with zero attached hydrogens (tertiary/aromatic N) is 1. The summed E-state index contributed by atoms with van der Waals surface area (Å²) < 4.78 is 2.30. The molecule has 1 aliphatic heterocycles. The summed E-state index contributed by atoms with van der Waals surface area (Å²) in [5, 5.41) is 8.56. The van der Waals surface area contributed by atoms with E-state index >= 15 is 0 Å². The molecule has 116 valence electrons. The molecule has 5 rings (SSSR count). The van der Waals surface area contributed by atoms with Gasteiger partial charge in [0.2, 0.25) is 5.69 Å². The summed E-state index contributed by atoms with van der Waals surface area (Å²) in [6.07, 6.45) is 2.20. The van der Waals surface area contributed by atoms with Gasteiger partial charge in [0.15, 0.2) is 6.20 Å². The molecule has 0 radical (unpaired) electrons. The Labute approximate surface area is 143 Å². The first-order valence-electron chi connectivity index (χ1n) is 8.34. The van der Waals surface area contributed by atoms with Gasteiger partial charge >= 0.3 is 0 Å². The molecule has 2 heterocycles. The molecule has 0 N–H and O–H groups in total. The van der Waals surface area contributed by atoms with E-state index < -0.39 is 0 Å². The number of hydrogen-bond acceptors (Lipinski definition) is 0. The van der Waals surface area contributed by atoms with E-state index in [0.717, 1.165) is 0 Å². The van der Waals surface area contributed by atoms with Gasteiger partial charge in [0.25, 0.3) is 0 Å². The van der Waals surface area contributed by atoms with Crippen LogP contribution in [0.3, 0.4) is 0 Å². The van der Waals surface area contributed by atoms with Crippen molar-refractivity contribution in [2.75, 3.05) is 6.66 Å². The van der Waals surface area contributed by atoms with E-state index in [1.165, 1.54) is 49.0 Å². The van der Waals surface area contributed by atoms with E-state index in [1.54, 1.807) is 0 Å². The van der Waals surface area contributed by atoms with Gasteiger partial charge in [0.1, 0.15) is 7.05 Å². The average Bonchev–Trinajstić information content (AvgIpc) is 2.61. The average molecular weight is 328 g/mol. The van der Waals surface area contributed by atoms with Crippen molar-refractivity contribution >= 4 is 40.1 Å². The highest BCUT2D eigenvalue weighted by Crippen LogP contribution is 2.45. The van der Waals surface area contributed by atoms with Crippen LogP contribution in [0, 0.1) is 6.92 Å². The summed E-state index contributed by atoms with van der Waals surface area (Å²) in [5.74, 6) is 0. The number of hydrogen-bond donors (Lipinski definition) is 0. The van der Waals surface area contributed by atoms with Crippen molar-refractivity contribution in [2.24, 2.45) is 7.05 Å². The first-order chi connectivity index (χ1) is 11.7. The molecule has 0 saturated carbocycles. The number of aryl methyl sites for hydroxylation is 2. The highest BCUT2D eigenvalue weighted by atomic mass is 31.1. The molecule has 24 heavy (non-hydrogen) atoms. The van der Waals surface area contributed by atoms with Gasteiger partial charge in [-0.05, 0) is 59.9 Å². The van der Waals surface area contributed by atoms with E-state index in [9.17, 15) is 0 Å². The van der Waals surface area contributed by atoms with Crippen molar-refractivity contribution in [3.05, 3.63) is 66.4 Å². The molecule has 4 aromatic rings. The van der Waals surface area contributed by atoms with Crippen molar-refractivity contribution in [1.29, 1.82) is 0 Å². The number of rotatable bonds is 0. The fourth-order valence-electron chi connectivity index (χ4n) is 4.18. The number of pyridine rings is 1. The van der Waals surface area contributed by atoms with Gasteiger partial charge in [0.05, 0.1) is 10.9 Å². The molecule has 1 nitrogen and oxygen atoms in total. The van der Waals surface area contributed by atoms with Gasteiger partial charge in [-0.1, -0.05) is 42.5 Å². The number of fused-ring (bicyclic) bond motifs is 3. The molecule has 0 fully saturated rings. The smallest absolute Gasteiger partial charge is 0.200 e. The summed E-state index contributed by atoms with van der Waals surface area (Å²) >= 11 is 0. The minimum Gasteiger partial charge on any atom is -0.200 e. The Bertz CT molecular complexity index is 1140. The van der Waals surface area contributed by atoms with E-state index in [4.69, 9.17) is 0 Å². The van der Waals surface area contributed by atoms with E-state index in [2.05, 4.69) is 86.0 Å². The molecule has 0 spiro atoms. The Kier molecular flexibility index (Phi) is 2.87. The summed E-state index contributed by atoms with van der Waals surface area (Å²) in [6, 6.07) is 20.2. The molecule has 0 bridgehead atoms. The Morgan fingerprint density at radius 1 is 0.875 bits per heavy atom. The van der Waals surface area contributed by atoms with E-state index in [0.29, 0.717) is 0 Å². The second kappa shape index (κ2) is 4.88. The molecule has 1 atom stereocenters. The lowest BCUT2D eigenvalue weighted by Crippen LogP contribution is -2.36. The molecule has 0 saturated heterocycles. The van der Waals surface area contributed by atoms with Crippen LogP contribution in [-0.2, 0) is 7.05 Å². The molecule has 3 aromatic carbocycles. The van der Waals surface area contributed by atoms with Crippen LogP contribution in [0.5, 0.6) is 0 Å². The zero-order chi connectivity index (χ0) is 16.4. The minimum absolute atomic E-state index is 0.328. The molecule has 0 amide bonds. The Balaban J connectivity index is 2.06. The predicted octanol–water partition coefficient (Wildman–Crippen LogP) is 4.17.